The summed E-state index contributed by atoms with van der Waals surface area (Å²) in [5.41, 5.74) is 0.873. The van der Waals surface area contributed by atoms with E-state index in [-0.39, 0.29) is 11.6 Å². The zero-order valence-electron chi connectivity index (χ0n) is 24.3. The molecule has 6 atom stereocenters. The number of aromatic nitrogens is 1. The van der Waals surface area contributed by atoms with Crippen LogP contribution in [0, 0.1) is 0 Å². The summed E-state index contributed by atoms with van der Waals surface area (Å²) in [5.74, 6) is -4.79. The van der Waals surface area contributed by atoms with Crippen molar-refractivity contribution in [2.45, 2.75) is 81.7 Å². The second-order valence-electron chi connectivity index (χ2n) is 9.48. The second kappa shape index (κ2) is 14.3. The number of thioether (sulfide) groups is 1. The van der Waals surface area contributed by atoms with E-state index in [0.717, 1.165) is 34.8 Å². The SMILES string of the molecule is COC(=O)C1(Sc2nc3ccccc3o2)CC(OC(C)=O)C(NC(C)=O)C([C@H](OC(C)=O)[C@@H](COC(C)=O)OC(C)=O)O1. The van der Waals surface area contributed by atoms with E-state index in [9.17, 15) is 28.8 Å². The Balaban J connectivity index is 2.21. The maximum atomic E-state index is 13.5. The Bertz CT molecular complexity index is 1340. The molecule has 1 amide bonds. The number of hydrogen-bond acceptors (Lipinski definition) is 15. The number of benzene rings is 1. The van der Waals surface area contributed by atoms with Crippen LogP contribution in [0.2, 0.25) is 0 Å². The molecule has 1 aromatic heterocycles. The number of carbonyl (C=O) groups is 6. The van der Waals surface area contributed by atoms with Gasteiger partial charge >= 0.3 is 29.8 Å². The zero-order chi connectivity index (χ0) is 31.9. The molecular weight excluding hydrogens is 592 g/mol. The lowest BCUT2D eigenvalue weighted by Gasteiger charge is -2.48. The molecule has 2 heterocycles. The van der Waals surface area contributed by atoms with Gasteiger partial charge in [-0.15, -0.1) is 0 Å². The number of esters is 5. The molecule has 0 saturated carbocycles. The van der Waals surface area contributed by atoms with Gasteiger partial charge in [-0.2, -0.15) is 0 Å². The second-order valence-corrected chi connectivity index (χ2v) is 10.7. The lowest BCUT2D eigenvalue weighted by atomic mass is 9.89. The van der Waals surface area contributed by atoms with Crippen molar-refractivity contribution in [3.05, 3.63) is 24.3 Å². The molecule has 16 heteroatoms. The summed E-state index contributed by atoms with van der Waals surface area (Å²) in [5, 5.41) is 2.59. The third-order valence-electron chi connectivity index (χ3n) is 6.02. The van der Waals surface area contributed by atoms with E-state index in [4.69, 9.17) is 32.8 Å². The third-order valence-corrected chi connectivity index (χ3v) is 7.13. The quantitative estimate of drug-likeness (QED) is 0.278. The summed E-state index contributed by atoms with van der Waals surface area (Å²) in [4.78, 5) is 76.4. The van der Waals surface area contributed by atoms with E-state index in [2.05, 4.69) is 10.3 Å². The Labute approximate surface area is 250 Å². The van der Waals surface area contributed by atoms with E-state index in [0.29, 0.717) is 22.9 Å². The van der Waals surface area contributed by atoms with Crippen LogP contribution in [0.1, 0.15) is 41.0 Å². The summed E-state index contributed by atoms with van der Waals surface area (Å²) in [6.45, 7) is 4.95. The molecule has 1 fully saturated rings. The van der Waals surface area contributed by atoms with Crippen LogP contribution < -0.4 is 5.32 Å². The highest BCUT2D eigenvalue weighted by Gasteiger charge is 2.59. The van der Waals surface area contributed by atoms with Gasteiger partial charge in [-0.25, -0.2) is 9.78 Å². The first-order chi connectivity index (χ1) is 20.2. The molecule has 0 radical (unpaired) electrons. The van der Waals surface area contributed by atoms with Crippen molar-refractivity contribution in [3.63, 3.8) is 0 Å². The molecule has 3 rings (SSSR count). The Morgan fingerprint density at radius 1 is 1.00 bits per heavy atom. The van der Waals surface area contributed by atoms with Crippen molar-refractivity contribution in [1.82, 2.24) is 10.3 Å². The number of oxazole rings is 1. The minimum absolute atomic E-state index is 0.0228. The number of nitrogens with one attached hydrogen (secondary N) is 1. The van der Waals surface area contributed by atoms with Crippen molar-refractivity contribution < 1.29 is 61.6 Å². The first-order valence-electron chi connectivity index (χ1n) is 13.0. The Morgan fingerprint density at radius 3 is 2.23 bits per heavy atom. The van der Waals surface area contributed by atoms with E-state index in [1.165, 1.54) is 6.92 Å². The predicted octanol–water partition coefficient (Wildman–Crippen LogP) is 1.44. The number of fused-ring (bicyclic) bond motifs is 1. The van der Waals surface area contributed by atoms with Gasteiger partial charge < -0.3 is 38.2 Å². The van der Waals surface area contributed by atoms with Crippen molar-refractivity contribution >= 4 is 58.6 Å². The van der Waals surface area contributed by atoms with Crippen LogP contribution >= 0.6 is 11.8 Å². The van der Waals surface area contributed by atoms with Gasteiger partial charge in [0, 0.05) is 41.0 Å². The Kier molecular flexibility index (Phi) is 11.1. The number of para-hydroxylation sites is 2. The average Bonchev–Trinajstić information content (AvgIpc) is 3.31. The minimum atomic E-state index is -2.07. The third kappa shape index (κ3) is 8.67. The molecule has 1 aliphatic heterocycles. The molecule has 0 bridgehead atoms. The van der Waals surface area contributed by atoms with Crippen LogP contribution in [0.4, 0.5) is 0 Å². The minimum Gasteiger partial charge on any atom is -0.466 e. The highest BCUT2D eigenvalue weighted by molar-refractivity contribution is 8.01. The first kappa shape index (κ1) is 33.3. The Hall–Kier alpha value is -4.18. The predicted molar refractivity (Wildman–Crippen MR) is 145 cm³/mol. The monoisotopic (exact) mass is 624 g/mol. The largest absolute Gasteiger partial charge is 0.466 e. The lowest BCUT2D eigenvalue weighted by Crippen LogP contribution is -2.68. The zero-order valence-corrected chi connectivity index (χ0v) is 25.1. The lowest BCUT2D eigenvalue weighted by molar-refractivity contribution is -0.224. The van der Waals surface area contributed by atoms with E-state index >= 15 is 0 Å². The highest BCUT2D eigenvalue weighted by Crippen LogP contribution is 2.46. The topological polar surface area (TPSA) is 196 Å². The van der Waals surface area contributed by atoms with Crippen LogP contribution in [0.15, 0.2) is 33.9 Å². The Morgan fingerprint density at radius 2 is 1.67 bits per heavy atom. The molecule has 15 nitrogen and oxygen atoms in total. The summed E-state index contributed by atoms with van der Waals surface area (Å²) in [7, 11) is 1.10. The van der Waals surface area contributed by atoms with Crippen LogP contribution in [0.25, 0.3) is 11.1 Å². The number of carbonyl (C=O) groups excluding carboxylic acids is 6. The molecule has 0 spiro atoms. The van der Waals surface area contributed by atoms with Crippen LogP contribution in [0.3, 0.4) is 0 Å². The van der Waals surface area contributed by atoms with Crippen molar-refractivity contribution in [2.24, 2.45) is 0 Å². The van der Waals surface area contributed by atoms with Crippen molar-refractivity contribution in [2.75, 3.05) is 13.7 Å². The number of rotatable bonds is 11. The van der Waals surface area contributed by atoms with Crippen LogP contribution in [-0.2, 0) is 57.2 Å². The van der Waals surface area contributed by atoms with Crippen molar-refractivity contribution in [1.29, 1.82) is 0 Å². The van der Waals surface area contributed by atoms with Gasteiger partial charge in [0.1, 0.15) is 24.3 Å². The van der Waals surface area contributed by atoms with Gasteiger partial charge in [0.25, 0.3) is 5.22 Å². The standard InChI is InChI=1S/C27H32N2O13S/c1-13(30)28-22-20(38-15(3)32)11-27(25(35)36-6,43-26-29-18-9-7-8-10-19(18)41-26)42-24(22)23(40-17(5)34)21(39-16(4)33)12-37-14(2)31/h7-10,20-24H,11-12H2,1-6H3,(H,28,30)/t20?,21-,22?,23-,24?,27?/m1/s1. The fourth-order valence-electron chi connectivity index (χ4n) is 4.54. The van der Waals surface area contributed by atoms with Gasteiger partial charge in [0.15, 0.2) is 17.8 Å². The molecular formula is C27H32N2O13S. The fraction of sp³-hybridized carbons (Fsp3) is 0.519. The summed E-state index contributed by atoms with van der Waals surface area (Å²) < 4.78 is 38.7. The average molecular weight is 625 g/mol. The van der Waals surface area contributed by atoms with Crippen molar-refractivity contribution in [3.8, 4) is 0 Å². The van der Waals surface area contributed by atoms with Gasteiger partial charge in [0.2, 0.25) is 10.8 Å². The summed E-state index contributed by atoms with van der Waals surface area (Å²) >= 11 is 0.694. The maximum absolute atomic E-state index is 13.5. The first-order valence-corrected chi connectivity index (χ1v) is 13.8. The van der Waals surface area contributed by atoms with Crippen LogP contribution in [0.5, 0.6) is 0 Å². The smallest absolute Gasteiger partial charge is 0.349 e. The number of amides is 1. The molecule has 43 heavy (non-hydrogen) atoms. The van der Waals surface area contributed by atoms with Gasteiger partial charge in [0.05, 0.1) is 13.2 Å². The molecule has 4 unspecified atom stereocenters. The summed E-state index contributed by atoms with van der Waals surface area (Å²) in [6, 6.07) is 5.53. The van der Waals surface area contributed by atoms with E-state index < -0.39 is 77.8 Å². The molecule has 0 aliphatic carbocycles. The fourth-order valence-corrected chi connectivity index (χ4v) is 5.67. The van der Waals surface area contributed by atoms with Gasteiger partial charge in [-0.05, 0) is 23.9 Å². The normalized spacial score (nSPS) is 22.9. The van der Waals surface area contributed by atoms with E-state index in [1.807, 2.05) is 0 Å². The van der Waals surface area contributed by atoms with E-state index in [1.54, 1.807) is 24.3 Å². The summed E-state index contributed by atoms with van der Waals surface area (Å²) in [6.07, 6.45) is -6.36. The number of ether oxygens (including phenoxy) is 6. The molecule has 1 saturated heterocycles. The number of methoxy groups -OCH3 is 1. The molecule has 1 aliphatic rings. The highest BCUT2D eigenvalue weighted by atomic mass is 32.2. The van der Waals surface area contributed by atoms with Crippen LogP contribution in [-0.4, -0.2) is 89.8 Å². The number of hydrogen-bond donors (Lipinski definition) is 1. The molecule has 1 N–H and O–H groups in total. The van der Waals surface area contributed by atoms with Gasteiger partial charge in [-0.1, -0.05) is 12.1 Å². The molecule has 234 valence electrons. The van der Waals surface area contributed by atoms with Gasteiger partial charge in [-0.3, -0.25) is 24.0 Å². The number of nitrogens with zero attached hydrogens (tertiary/aromatic N) is 1. The molecule has 1 aromatic carbocycles. The molecule has 2 aromatic rings. The maximum Gasteiger partial charge on any atom is 0.349 e.